The average Bonchev–Trinajstić information content (AvgIpc) is 3.02. The molecule has 0 aromatic heterocycles. The van der Waals surface area contributed by atoms with E-state index in [0.29, 0.717) is 5.17 Å². The first kappa shape index (κ1) is 15.2. The summed E-state index contributed by atoms with van der Waals surface area (Å²) in [5, 5.41) is 11.9. The second-order valence-corrected chi connectivity index (χ2v) is 6.45. The molecule has 2 aliphatic heterocycles. The third-order valence-corrected chi connectivity index (χ3v) is 4.97. The van der Waals surface area contributed by atoms with Crippen LogP contribution in [0.2, 0.25) is 0 Å². The van der Waals surface area contributed by atoms with Gasteiger partial charge in [0.2, 0.25) is 0 Å². The third-order valence-electron chi connectivity index (χ3n) is 4.39. The van der Waals surface area contributed by atoms with Gasteiger partial charge >= 0.3 is 0 Å². The SMILES string of the molecule is CSC(=Nc1ccc(N2CCN3CCCC3C2)cc1)NC#N. The molecule has 2 saturated heterocycles. The van der Waals surface area contributed by atoms with Crippen molar-refractivity contribution in [3.8, 4) is 6.19 Å². The molecule has 0 saturated carbocycles. The van der Waals surface area contributed by atoms with Crippen molar-refractivity contribution in [2.75, 3.05) is 37.3 Å². The van der Waals surface area contributed by atoms with E-state index in [1.54, 1.807) is 0 Å². The lowest BCUT2D eigenvalue weighted by molar-refractivity contribution is 0.231. The summed E-state index contributed by atoms with van der Waals surface area (Å²) in [6, 6.07) is 9.04. The van der Waals surface area contributed by atoms with E-state index in [-0.39, 0.29) is 0 Å². The summed E-state index contributed by atoms with van der Waals surface area (Å²) in [6.07, 6.45) is 6.48. The first-order chi connectivity index (χ1) is 10.8. The molecule has 0 amide bonds. The molecule has 2 aliphatic rings. The summed E-state index contributed by atoms with van der Waals surface area (Å²) in [4.78, 5) is 9.52. The number of amidine groups is 1. The number of nitrogens with zero attached hydrogens (tertiary/aromatic N) is 4. The Labute approximate surface area is 136 Å². The minimum Gasteiger partial charge on any atom is -0.369 e. The molecule has 0 spiro atoms. The van der Waals surface area contributed by atoms with E-state index in [1.165, 1.54) is 43.4 Å². The Bertz CT molecular complexity index is 577. The van der Waals surface area contributed by atoms with Gasteiger partial charge < -0.3 is 4.90 Å². The molecule has 1 unspecified atom stereocenters. The Hall–Kier alpha value is -1.71. The number of piperazine rings is 1. The molecule has 116 valence electrons. The summed E-state index contributed by atoms with van der Waals surface area (Å²) in [6.45, 7) is 4.68. The molecule has 1 atom stereocenters. The molecule has 1 aromatic rings. The fourth-order valence-electron chi connectivity index (χ4n) is 3.25. The molecule has 0 radical (unpaired) electrons. The average molecular weight is 315 g/mol. The van der Waals surface area contributed by atoms with Crippen LogP contribution in [0, 0.1) is 11.5 Å². The van der Waals surface area contributed by atoms with Crippen LogP contribution in [0.25, 0.3) is 0 Å². The predicted molar refractivity (Wildman–Crippen MR) is 92.6 cm³/mol. The van der Waals surface area contributed by atoms with Crippen molar-refractivity contribution in [3.05, 3.63) is 24.3 Å². The molecule has 1 aromatic carbocycles. The number of nitriles is 1. The first-order valence-electron chi connectivity index (χ1n) is 7.67. The molecular formula is C16H21N5S. The lowest BCUT2D eigenvalue weighted by Gasteiger charge is -2.38. The van der Waals surface area contributed by atoms with E-state index in [1.807, 2.05) is 24.6 Å². The fourth-order valence-corrected chi connectivity index (χ4v) is 3.60. The topological polar surface area (TPSA) is 54.7 Å². The Balaban J connectivity index is 1.68. The van der Waals surface area contributed by atoms with E-state index in [2.05, 4.69) is 32.2 Å². The largest absolute Gasteiger partial charge is 0.369 e. The van der Waals surface area contributed by atoms with Crippen molar-refractivity contribution >= 4 is 28.3 Å². The monoisotopic (exact) mass is 315 g/mol. The quantitative estimate of drug-likeness (QED) is 0.393. The number of benzene rings is 1. The number of rotatable bonds is 2. The van der Waals surface area contributed by atoms with E-state index in [0.717, 1.165) is 24.8 Å². The summed E-state index contributed by atoms with van der Waals surface area (Å²) >= 11 is 1.43. The second-order valence-electron chi connectivity index (χ2n) is 5.65. The van der Waals surface area contributed by atoms with Gasteiger partial charge in [0.25, 0.3) is 0 Å². The van der Waals surface area contributed by atoms with Gasteiger partial charge in [-0.2, -0.15) is 5.26 Å². The Morgan fingerprint density at radius 3 is 2.86 bits per heavy atom. The zero-order chi connectivity index (χ0) is 15.4. The number of thioether (sulfide) groups is 1. The predicted octanol–water partition coefficient (Wildman–Crippen LogP) is 2.39. The third kappa shape index (κ3) is 3.37. The fraction of sp³-hybridized carbons (Fsp3) is 0.500. The number of anilines is 1. The van der Waals surface area contributed by atoms with Gasteiger partial charge in [-0.15, -0.1) is 0 Å². The molecule has 22 heavy (non-hydrogen) atoms. The van der Waals surface area contributed by atoms with E-state index in [4.69, 9.17) is 5.26 Å². The maximum Gasteiger partial charge on any atom is 0.183 e. The maximum absolute atomic E-state index is 8.67. The number of hydrogen-bond acceptors (Lipinski definition) is 5. The lowest BCUT2D eigenvalue weighted by atomic mass is 10.1. The maximum atomic E-state index is 8.67. The van der Waals surface area contributed by atoms with Gasteiger partial charge in [-0.1, -0.05) is 11.8 Å². The van der Waals surface area contributed by atoms with Crippen LogP contribution in [-0.4, -0.2) is 48.5 Å². The van der Waals surface area contributed by atoms with Gasteiger partial charge in [0.05, 0.1) is 5.69 Å². The van der Waals surface area contributed by atoms with Crippen LogP contribution < -0.4 is 10.2 Å². The minimum atomic E-state index is 0.620. The summed E-state index contributed by atoms with van der Waals surface area (Å²) in [5.41, 5.74) is 2.14. The van der Waals surface area contributed by atoms with Crippen molar-refractivity contribution in [2.45, 2.75) is 18.9 Å². The molecule has 3 rings (SSSR count). The van der Waals surface area contributed by atoms with Crippen LogP contribution >= 0.6 is 11.8 Å². The zero-order valence-corrected chi connectivity index (χ0v) is 13.6. The number of nitrogens with one attached hydrogen (secondary N) is 1. The van der Waals surface area contributed by atoms with Crippen LogP contribution in [0.3, 0.4) is 0 Å². The van der Waals surface area contributed by atoms with Gasteiger partial charge in [-0.25, -0.2) is 4.99 Å². The van der Waals surface area contributed by atoms with Crippen LogP contribution in [0.15, 0.2) is 29.3 Å². The molecule has 5 nitrogen and oxygen atoms in total. The zero-order valence-electron chi connectivity index (χ0n) is 12.8. The normalized spacial score (nSPS) is 22.3. The van der Waals surface area contributed by atoms with Crippen molar-refractivity contribution in [3.63, 3.8) is 0 Å². The van der Waals surface area contributed by atoms with Crippen molar-refractivity contribution in [2.24, 2.45) is 4.99 Å². The molecule has 6 heteroatoms. The standard InChI is InChI=1S/C16H21N5S/c1-22-16(18-12-17)19-13-4-6-14(7-5-13)21-10-9-20-8-2-3-15(20)11-21/h4-7,15H,2-3,8-11H2,1H3,(H,18,19). The van der Waals surface area contributed by atoms with E-state index < -0.39 is 0 Å². The van der Waals surface area contributed by atoms with Gasteiger partial charge in [0.15, 0.2) is 11.4 Å². The van der Waals surface area contributed by atoms with Crippen molar-refractivity contribution in [1.29, 1.82) is 5.26 Å². The number of aliphatic imine (C=N–C) groups is 1. The molecular weight excluding hydrogens is 294 g/mol. The molecule has 0 aliphatic carbocycles. The number of hydrogen-bond donors (Lipinski definition) is 1. The Morgan fingerprint density at radius 2 is 2.14 bits per heavy atom. The highest BCUT2D eigenvalue weighted by atomic mass is 32.2. The second kappa shape index (κ2) is 7.03. The van der Waals surface area contributed by atoms with E-state index >= 15 is 0 Å². The van der Waals surface area contributed by atoms with E-state index in [9.17, 15) is 0 Å². The molecule has 0 bridgehead atoms. The van der Waals surface area contributed by atoms with Crippen LogP contribution in [0.1, 0.15) is 12.8 Å². The van der Waals surface area contributed by atoms with Gasteiger partial charge in [0.1, 0.15) is 0 Å². The van der Waals surface area contributed by atoms with Crippen LogP contribution in [-0.2, 0) is 0 Å². The van der Waals surface area contributed by atoms with Crippen LogP contribution in [0.5, 0.6) is 0 Å². The Kier molecular flexibility index (Phi) is 4.86. The van der Waals surface area contributed by atoms with Gasteiger partial charge in [-0.3, -0.25) is 10.2 Å². The van der Waals surface area contributed by atoms with Crippen LogP contribution in [0.4, 0.5) is 11.4 Å². The summed E-state index contributed by atoms with van der Waals surface area (Å²) in [7, 11) is 0. The van der Waals surface area contributed by atoms with Crippen molar-refractivity contribution in [1.82, 2.24) is 10.2 Å². The smallest absolute Gasteiger partial charge is 0.183 e. The highest BCUT2D eigenvalue weighted by Gasteiger charge is 2.30. The summed E-state index contributed by atoms with van der Waals surface area (Å²) < 4.78 is 0. The first-order valence-corrected chi connectivity index (χ1v) is 8.89. The highest BCUT2D eigenvalue weighted by Crippen LogP contribution is 2.27. The van der Waals surface area contributed by atoms with Gasteiger partial charge in [-0.05, 0) is 49.9 Å². The lowest BCUT2D eigenvalue weighted by Crippen LogP contribution is -2.50. The molecule has 2 fully saturated rings. The number of fused-ring (bicyclic) bond motifs is 1. The highest BCUT2D eigenvalue weighted by molar-refractivity contribution is 8.13. The molecule has 2 heterocycles. The van der Waals surface area contributed by atoms with Gasteiger partial charge in [0, 0.05) is 31.4 Å². The molecule has 1 N–H and O–H groups in total. The summed E-state index contributed by atoms with van der Waals surface area (Å²) in [5.74, 6) is 0. The Morgan fingerprint density at radius 1 is 1.32 bits per heavy atom. The minimum absolute atomic E-state index is 0.620. The van der Waals surface area contributed by atoms with Crippen molar-refractivity contribution < 1.29 is 0 Å².